The highest BCUT2D eigenvalue weighted by atomic mass is 31.2. The third kappa shape index (κ3) is 3.82. The zero-order valence-electron chi connectivity index (χ0n) is 22.9. The van der Waals surface area contributed by atoms with Crippen molar-refractivity contribution >= 4 is 55.4 Å². The Labute approximate surface area is 245 Å². The molecule has 0 aliphatic rings. The zero-order valence-corrected chi connectivity index (χ0v) is 23.8. The lowest BCUT2D eigenvalue weighted by atomic mass is 9.86. The van der Waals surface area contributed by atoms with Crippen molar-refractivity contribution in [1.29, 1.82) is 0 Å². The van der Waals surface area contributed by atoms with Gasteiger partial charge in [0.05, 0.1) is 0 Å². The van der Waals surface area contributed by atoms with E-state index in [-0.39, 0.29) is 0 Å². The fraction of sp³-hybridized carbons (Fsp3) is 0. The highest BCUT2D eigenvalue weighted by Gasteiger charge is 2.30. The molecule has 8 aromatic carbocycles. The molecule has 0 fully saturated rings. The first-order chi connectivity index (χ1) is 20.7. The van der Waals surface area contributed by atoms with E-state index in [9.17, 15) is 0 Å². The topological polar surface area (TPSA) is 17.1 Å². The van der Waals surface area contributed by atoms with Crippen LogP contribution in [0.1, 0.15) is 0 Å². The van der Waals surface area contributed by atoms with Gasteiger partial charge in [0.15, 0.2) is 7.14 Å². The number of benzene rings is 8. The van der Waals surface area contributed by atoms with Crippen molar-refractivity contribution in [3.63, 3.8) is 0 Å². The van der Waals surface area contributed by atoms with Crippen LogP contribution < -0.4 is 15.9 Å². The maximum Gasteiger partial charge on any atom is 0.171 e. The molecule has 0 unspecified atom stereocenters. The Kier molecular flexibility index (Phi) is 5.81. The number of hydrogen-bond donors (Lipinski definition) is 0. The average molecular weight is 555 g/mol. The molecule has 198 valence electrons. The van der Waals surface area contributed by atoms with Gasteiger partial charge in [-0.05, 0) is 66.7 Å². The van der Waals surface area contributed by atoms with Gasteiger partial charge in [-0.15, -0.1) is 0 Å². The van der Waals surface area contributed by atoms with Crippen LogP contribution in [0.25, 0.3) is 54.6 Å². The van der Waals surface area contributed by atoms with E-state index in [2.05, 4.69) is 97.1 Å². The largest absolute Gasteiger partial charge is 0.309 e. The second-order valence-electron chi connectivity index (χ2n) is 10.8. The molecular formula is C40H27OP. The molecule has 0 saturated heterocycles. The SMILES string of the molecule is O=P(c1ccccc1)(c1ccccc1)c1cccc(-c2ccc3cc(-c4ccccc4)c4cccc5ccc2c3c54)c1. The first-order valence-electron chi connectivity index (χ1n) is 14.3. The first-order valence-corrected chi connectivity index (χ1v) is 16.0. The molecule has 0 aliphatic heterocycles. The van der Waals surface area contributed by atoms with Crippen molar-refractivity contribution in [3.8, 4) is 22.3 Å². The molecule has 8 rings (SSSR count). The summed E-state index contributed by atoms with van der Waals surface area (Å²) >= 11 is 0. The van der Waals surface area contributed by atoms with Gasteiger partial charge in [-0.1, -0.05) is 152 Å². The Morgan fingerprint density at radius 2 is 0.905 bits per heavy atom. The molecule has 8 aromatic rings. The summed E-state index contributed by atoms with van der Waals surface area (Å²) in [4.78, 5) is 0. The summed E-state index contributed by atoms with van der Waals surface area (Å²) in [6, 6.07) is 56.7. The molecule has 0 atom stereocenters. The third-order valence-electron chi connectivity index (χ3n) is 8.49. The Hall–Kier alpha value is -4.97. The summed E-state index contributed by atoms with van der Waals surface area (Å²) in [5.74, 6) is 0. The van der Waals surface area contributed by atoms with E-state index in [0.29, 0.717) is 0 Å². The van der Waals surface area contributed by atoms with E-state index < -0.39 is 7.14 Å². The van der Waals surface area contributed by atoms with Crippen LogP contribution in [0, 0.1) is 0 Å². The normalized spacial score (nSPS) is 11.9. The van der Waals surface area contributed by atoms with E-state index in [1.54, 1.807) is 0 Å². The van der Waals surface area contributed by atoms with Crippen molar-refractivity contribution in [3.05, 3.63) is 164 Å². The number of hydrogen-bond acceptors (Lipinski definition) is 1. The quantitative estimate of drug-likeness (QED) is 0.153. The fourth-order valence-electron chi connectivity index (χ4n) is 6.53. The highest BCUT2D eigenvalue weighted by molar-refractivity contribution is 7.85. The summed E-state index contributed by atoms with van der Waals surface area (Å²) in [6.45, 7) is 0. The van der Waals surface area contributed by atoms with Gasteiger partial charge in [-0.25, -0.2) is 0 Å². The lowest BCUT2D eigenvalue weighted by Gasteiger charge is -2.21. The van der Waals surface area contributed by atoms with E-state index >= 15 is 4.57 Å². The van der Waals surface area contributed by atoms with Crippen LogP contribution in [0.5, 0.6) is 0 Å². The Bertz CT molecular complexity index is 2210. The molecular weight excluding hydrogens is 527 g/mol. The predicted molar refractivity (Wildman–Crippen MR) is 180 cm³/mol. The zero-order chi connectivity index (χ0) is 28.1. The van der Waals surface area contributed by atoms with Crippen molar-refractivity contribution < 1.29 is 4.57 Å². The lowest BCUT2D eigenvalue weighted by Crippen LogP contribution is -2.25. The molecule has 0 aliphatic carbocycles. The summed E-state index contributed by atoms with van der Waals surface area (Å²) in [5, 5.41) is 10.0. The smallest absolute Gasteiger partial charge is 0.171 e. The lowest BCUT2D eigenvalue weighted by molar-refractivity contribution is 0.592. The van der Waals surface area contributed by atoms with Gasteiger partial charge < -0.3 is 4.57 Å². The van der Waals surface area contributed by atoms with Crippen LogP contribution in [-0.2, 0) is 4.57 Å². The standard InChI is InChI=1S/C40H27OP/c41-42(32-16-6-2-7-17-32,33-18-8-3-9-19-33)34-20-10-15-30(26-34)35-24-23-31-27-38(28-12-4-1-5-13-28)36-21-11-14-29-22-25-37(35)40(31)39(29)36/h1-27H. The molecule has 0 radical (unpaired) electrons. The maximum absolute atomic E-state index is 15.1. The minimum atomic E-state index is -3.08. The van der Waals surface area contributed by atoms with Crippen LogP contribution in [-0.4, -0.2) is 0 Å². The fourth-order valence-corrected chi connectivity index (χ4v) is 9.22. The van der Waals surface area contributed by atoms with Crippen molar-refractivity contribution in [1.82, 2.24) is 0 Å². The van der Waals surface area contributed by atoms with Crippen LogP contribution in [0.3, 0.4) is 0 Å². The van der Waals surface area contributed by atoms with Gasteiger partial charge in [0.25, 0.3) is 0 Å². The van der Waals surface area contributed by atoms with Crippen LogP contribution >= 0.6 is 7.14 Å². The van der Waals surface area contributed by atoms with Gasteiger partial charge in [-0.3, -0.25) is 0 Å². The molecule has 42 heavy (non-hydrogen) atoms. The highest BCUT2D eigenvalue weighted by Crippen LogP contribution is 2.45. The van der Waals surface area contributed by atoms with Crippen LogP contribution in [0.4, 0.5) is 0 Å². The van der Waals surface area contributed by atoms with Gasteiger partial charge >= 0.3 is 0 Å². The molecule has 2 heteroatoms. The summed E-state index contributed by atoms with van der Waals surface area (Å²) in [7, 11) is -3.08. The van der Waals surface area contributed by atoms with Gasteiger partial charge in [0, 0.05) is 15.9 Å². The molecule has 1 nitrogen and oxygen atoms in total. The van der Waals surface area contributed by atoms with E-state index in [1.807, 2.05) is 66.7 Å². The number of rotatable bonds is 5. The second-order valence-corrected chi connectivity index (χ2v) is 13.6. The molecule has 0 spiro atoms. The van der Waals surface area contributed by atoms with Crippen molar-refractivity contribution in [2.24, 2.45) is 0 Å². The van der Waals surface area contributed by atoms with Gasteiger partial charge in [0.2, 0.25) is 0 Å². The van der Waals surface area contributed by atoms with Crippen molar-refractivity contribution in [2.45, 2.75) is 0 Å². The second kappa shape index (κ2) is 9.84. The Morgan fingerprint density at radius 1 is 0.357 bits per heavy atom. The Balaban J connectivity index is 1.37. The first kappa shape index (κ1) is 24.8. The maximum atomic E-state index is 15.1. The minimum absolute atomic E-state index is 0.842. The van der Waals surface area contributed by atoms with Crippen molar-refractivity contribution in [2.75, 3.05) is 0 Å². The molecule has 0 bridgehead atoms. The molecule has 0 saturated carbocycles. The molecule has 0 amide bonds. The van der Waals surface area contributed by atoms with E-state index in [0.717, 1.165) is 27.0 Å². The van der Waals surface area contributed by atoms with Gasteiger partial charge in [0.1, 0.15) is 0 Å². The summed E-state index contributed by atoms with van der Waals surface area (Å²) in [5.41, 5.74) is 4.70. The minimum Gasteiger partial charge on any atom is -0.309 e. The Morgan fingerprint density at radius 3 is 1.62 bits per heavy atom. The molecule has 0 N–H and O–H groups in total. The van der Waals surface area contributed by atoms with Gasteiger partial charge in [-0.2, -0.15) is 0 Å². The summed E-state index contributed by atoms with van der Waals surface area (Å²) < 4.78 is 15.1. The van der Waals surface area contributed by atoms with Crippen LogP contribution in [0.15, 0.2) is 164 Å². The third-order valence-corrected chi connectivity index (χ3v) is 11.5. The molecule has 0 heterocycles. The predicted octanol–water partition coefficient (Wildman–Crippen LogP) is 9.56. The summed E-state index contributed by atoms with van der Waals surface area (Å²) in [6.07, 6.45) is 0. The van der Waals surface area contributed by atoms with E-state index in [4.69, 9.17) is 0 Å². The van der Waals surface area contributed by atoms with Crippen LogP contribution in [0.2, 0.25) is 0 Å². The average Bonchev–Trinajstić information content (AvgIpc) is 3.08. The monoisotopic (exact) mass is 554 g/mol. The molecule has 0 aromatic heterocycles. The van der Waals surface area contributed by atoms with E-state index in [1.165, 1.54) is 43.4 Å².